The first-order valence-electron chi connectivity index (χ1n) is 8.47. The molecule has 2 amide bonds. The van der Waals surface area contributed by atoms with Gasteiger partial charge in [0.15, 0.2) is 0 Å². The zero-order valence-electron chi connectivity index (χ0n) is 14.9. The van der Waals surface area contributed by atoms with Crippen molar-refractivity contribution in [2.45, 2.75) is 13.3 Å². The molecule has 28 heavy (non-hydrogen) atoms. The predicted octanol–water partition coefficient (Wildman–Crippen LogP) is 2.62. The van der Waals surface area contributed by atoms with Crippen molar-refractivity contribution in [1.29, 1.82) is 0 Å². The molecule has 3 aromatic rings. The number of amides is 2. The molecule has 0 aliphatic heterocycles. The largest absolute Gasteiger partial charge is 0.480 e. The summed E-state index contributed by atoms with van der Waals surface area (Å²) < 4.78 is 1.67. The number of carbonyl (C=O) groups is 3. The molecule has 0 unspecified atom stereocenters. The van der Waals surface area contributed by atoms with Gasteiger partial charge in [-0.1, -0.05) is 18.5 Å². The highest BCUT2D eigenvalue weighted by atomic mass is 35.5. The van der Waals surface area contributed by atoms with Crippen LogP contribution in [0, 0.1) is 0 Å². The summed E-state index contributed by atoms with van der Waals surface area (Å²) in [6.45, 7) is 1.44. The smallest absolute Gasteiger partial charge is 0.322 e. The number of halogens is 1. The highest BCUT2D eigenvalue weighted by Gasteiger charge is 2.18. The quantitative estimate of drug-likeness (QED) is 0.588. The third-order valence-electron chi connectivity index (χ3n) is 4.02. The molecule has 2 aromatic heterocycles. The van der Waals surface area contributed by atoms with E-state index < -0.39 is 18.4 Å². The zero-order chi connectivity index (χ0) is 20.3. The summed E-state index contributed by atoms with van der Waals surface area (Å²) in [7, 11) is 0. The maximum absolute atomic E-state index is 12.8. The van der Waals surface area contributed by atoms with Crippen LogP contribution in [0.2, 0.25) is 5.02 Å². The second kappa shape index (κ2) is 8.10. The molecule has 0 radical (unpaired) electrons. The lowest BCUT2D eigenvalue weighted by atomic mass is 10.2. The van der Waals surface area contributed by atoms with E-state index in [1.165, 1.54) is 12.1 Å². The number of rotatable bonds is 6. The third kappa shape index (κ3) is 4.12. The van der Waals surface area contributed by atoms with Gasteiger partial charge in [0.25, 0.3) is 11.8 Å². The van der Waals surface area contributed by atoms with Gasteiger partial charge in [-0.3, -0.25) is 18.8 Å². The molecule has 8 nitrogen and oxygen atoms in total. The number of benzene rings is 1. The van der Waals surface area contributed by atoms with Crippen molar-refractivity contribution in [3.63, 3.8) is 0 Å². The number of pyridine rings is 1. The van der Waals surface area contributed by atoms with Crippen LogP contribution in [0.5, 0.6) is 0 Å². The second-order valence-corrected chi connectivity index (χ2v) is 6.38. The van der Waals surface area contributed by atoms with E-state index in [1.807, 2.05) is 6.92 Å². The van der Waals surface area contributed by atoms with Gasteiger partial charge in [0.05, 0.1) is 5.69 Å². The van der Waals surface area contributed by atoms with E-state index in [0.717, 1.165) is 0 Å². The molecule has 3 N–H and O–H groups in total. The first kappa shape index (κ1) is 19.4. The molecule has 0 fully saturated rings. The summed E-state index contributed by atoms with van der Waals surface area (Å²) >= 11 is 5.99. The molecule has 1 aromatic carbocycles. The van der Waals surface area contributed by atoms with Crippen LogP contribution in [0.25, 0.3) is 5.65 Å². The Balaban J connectivity index is 1.79. The average Bonchev–Trinajstić information content (AvgIpc) is 3.04. The molecule has 2 heterocycles. The number of hydrogen-bond donors (Lipinski definition) is 3. The SMILES string of the molecule is CCc1nc2cc(Cl)ccn2c1C(=O)Nc1ccc(C(=O)NCC(=O)O)cc1. The molecular weight excluding hydrogens is 384 g/mol. The summed E-state index contributed by atoms with van der Waals surface area (Å²) in [5.74, 6) is -1.97. The minimum absolute atomic E-state index is 0.290. The lowest BCUT2D eigenvalue weighted by Gasteiger charge is -2.08. The van der Waals surface area contributed by atoms with Crippen molar-refractivity contribution in [2.75, 3.05) is 11.9 Å². The number of carbonyl (C=O) groups excluding carboxylic acids is 2. The molecule has 0 aliphatic carbocycles. The molecule has 0 spiro atoms. The normalized spacial score (nSPS) is 10.6. The lowest BCUT2D eigenvalue weighted by molar-refractivity contribution is -0.135. The standard InChI is InChI=1S/C19H17ClN4O4/c1-2-14-17(24-8-7-12(20)9-15(24)23-14)19(28)22-13-5-3-11(4-6-13)18(27)21-10-16(25)26/h3-9H,2,10H2,1H3,(H,21,27)(H,22,28)(H,25,26). The van der Waals surface area contributed by atoms with Crippen molar-refractivity contribution >= 4 is 40.7 Å². The Labute approximate surface area is 165 Å². The van der Waals surface area contributed by atoms with Crippen LogP contribution in [0.4, 0.5) is 5.69 Å². The topological polar surface area (TPSA) is 113 Å². The number of carboxylic acid groups (broad SMARTS) is 1. The number of hydrogen-bond acceptors (Lipinski definition) is 4. The van der Waals surface area contributed by atoms with Crippen LogP contribution in [-0.4, -0.2) is 38.8 Å². The molecule has 0 bridgehead atoms. The lowest BCUT2D eigenvalue weighted by Crippen LogP contribution is -2.29. The Morgan fingerprint density at radius 1 is 1.14 bits per heavy atom. The number of anilines is 1. The fourth-order valence-electron chi connectivity index (χ4n) is 2.71. The van der Waals surface area contributed by atoms with Crippen LogP contribution in [0.1, 0.15) is 33.5 Å². The van der Waals surface area contributed by atoms with Crippen LogP contribution in [-0.2, 0) is 11.2 Å². The minimum Gasteiger partial charge on any atom is -0.480 e. The van der Waals surface area contributed by atoms with Crippen molar-refractivity contribution in [3.05, 3.63) is 64.6 Å². The van der Waals surface area contributed by atoms with Crippen LogP contribution in [0.3, 0.4) is 0 Å². The summed E-state index contributed by atoms with van der Waals surface area (Å²) in [5, 5.41) is 14.2. The van der Waals surface area contributed by atoms with E-state index in [4.69, 9.17) is 16.7 Å². The van der Waals surface area contributed by atoms with Gasteiger partial charge in [-0.05, 0) is 36.8 Å². The van der Waals surface area contributed by atoms with E-state index in [1.54, 1.807) is 34.9 Å². The van der Waals surface area contributed by atoms with Crippen molar-refractivity contribution < 1.29 is 19.5 Å². The third-order valence-corrected chi connectivity index (χ3v) is 4.25. The maximum Gasteiger partial charge on any atom is 0.322 e. The number of aromatic nitrogens is 2. The number of aliphatic carboxylic acids is 1. The predicted molar refractivity (Wildman–Crippen MR) is 104 cm³/mol. The van der Waals surface area contributed by atoms with Crippen molar-refractivity contribution in [2.24, 2.45) is 0 Å². The average molecular weight is 401 g/mol. The summed E-state index contributed by atoms with van der Waals surface area (Å²) in [6, 6.07) is 9.50. The number of carboxylic acids is 1. The molecule has 0 saturated carbocycles. The van der Waals surface area contributed by atoms with E-state index in [-0.39, 0.29) is 11.5 Å². The molecule has 144 valence electrons. The van der Waals surface area contributed by atoms with Crippen LogP contribution < -0.4 is 10.6 Å². The maximum atomic E-state index is 12.8. The molecule has 0 aliphatic rings. The summed E-state index contributed by atoms with van der Waals surface area (Å²) in [4.78, 5) is 39.6. The Kier molecular flexibility index (Phi) is 5.60. The molecular formula is C19H17ClN4O4. The van der Waals surface area contributed by atoms with Crippen LogP contribution >= 0.6 is 11.6 Å². The highest BCUT2D eigenvalue weighted by Crippen LogP contribution is 2.19. The van der Waals surface area contributed by atoms with Gasteiger partial charge in [-0.2, -0.15) is 0 Å². The van der Waals surface area contributed by atoms with Crippen molar-refractivity contribution in [1.82, 2.24) is 14.7 Å². The zero-order valence-corrected chi connectivity index (χ0v) is 15.7. The molecule has 0 atom stereocenters. The highest BCUT2D eigenvalue weighted by molar-refractivity contribution is 6.30. The number of aryl methyl sites for hydroxylation is 1. The van der Waals surface area contributed by atoms with Gasteiger partial charge >= 0.3 is 5.97 Å². The molecule has 9 heteroatoms. The van der Waals surface area contributed by atoms with Crippen molar-refractivity contribution in [3.8, 4) is 0 Å². The minimum atomic E-state index is -1.13. The van der Waals surface area contributed by atoms with E-state index in [0.29, 0.717) is 34.2 Å². The molecule has 3 rings (SSSR count). The van der Waals surface area contributed by atoms with Gasteiger partial charge in [0.1, 0.15) is 17.9 Å². The fraction of sp³-hybridized carbons (Fsp3) is 0.158. The van der Waals surface area contributed by atoms with E-state index in [9.17, 15) is 14.4 Å². The second-order valence-electron chi connectivity index (χ2n) is 5.94. The van der Waals surface area contributed by atoms with Gasteiger partial charge < -0.3 is 15.7 Å². The van der Waals surface area contributed by atoms with Gasteiger partial charge in [-0.15, -0.1) is 0 Å². The van der Waals surface area contributed by atoms with Gasteiger partial charge in [-0.25, -0.2) is 4.98 Å². The Bertz CT molecular complexity index is 1060. The first-order valence-corrected chi connectivity index (χ1v) is 8.84. The van der Waals surface area contributed by atoms with E-state index >= 15 is 0 Å². The Morgan fingerprint density at radius 2 is 1.86 bits per heavy atom. The monoisotopic (exact) mass is 400 g/mol. The fourth-order valence-corrected chi connectivity index (χ4v) is 2.86. The Hall–Kier alpha value is -3.39. The number of fused-ring (bicyclic) bond motifs is 1. The number of nitrogens with one attached hydrogen (secondary N) is 2. The number of nitrogens with zero attached hydrogens (tertiary/aromatic N) is 2. The van der Waals surface area contributed by atoms with Gasteiger partial charge in [0, 0.05) is 28.5 Å². The molecule has 0 saturated heterocycles. The first-order chi connectivity index (χ1) is 13.4. The van der Waals surface area contributed by atoms with E-state index in [2.05, 4.69) is 15.6 Å². The summed E-state index contributed by atoms with van der Waals surface area (Å²) in [6.07, 6.45) is 2.26. The van der Waals surface area contributed by atoms with Gasteiger partial charge in [0.2, 0.25) is 0 Å². The Morgan fingerprint density at radius 3 is 2.50 bits per heavy atom. The van der Waals surface area contributed by atoms with Crippen LogP contribution in [0.15, 0.2) is 42.6 Å². The number of imidazole rings is 1. The summed E-state index contributed by atoms with van der Waals surface area (Å²) in [5.41, 5.74) is 2.42.